The van der Waals surface area contributed by atoms with Gasteiger partial charge >= 0.3 is 0 Å². The molecule has 1 heterocycles. The maximum atomic E-state index is 13.4. The summed E-state index contributed by atoms with van der Waals surface area (Å²) in [5.41, 5.74) is 0.806. The number of halogens is 3. The van der Waals surface area contributed by atoms with Gasteiger partial charge in [-0.2, -0.15) is 4.57 Å². The summed E-state index contributed by atoms with van der Waals surface area (Å²) in [6.07, 6.45) is 1.74. The van der Waals surface area contributed by atoms with Gasteiger partial charge in [-0.25, -0.2) is 8.78 Å². The molecule has 5 heteroatoms. The Hall–Kier alpha value is -1.62. The fraction of sp³-hybridized carbons (Fsp3) is 0.143. The molecule has 0 aliphatic heterocycles. The molecular weight excluding hydrogens is 316 g/mol. The fourth-order valence-electron chi connectivity index (χ4n) is 1.69. The SMILES string of the molecule is Cc1cccc[n+]1CC(=O)c1ccc(F)cc1F.[Br-]. The topological polar surface area (TPSA) is 20.9 Å². The highest BCUT2D eigenvalue weighted by atomic mass is 79.9. The first-order chi connectivity index (χ1) is 8.58. The van der Waals surface area contributed by atoms with Gasteiger partial charge < -0.3 is 17.0 Å². The first-order valence-electron chi connectivity index (χ1n) is 5.51. The average Bonchev–Trinajstić information content (AvgIpc) is 2.32. The number of hydrogen-bond donors (Lipinski definition) is 0. The lowest BCUT2D eigenvalue weighted by Gasteiger charge is -2.02. The summed E-state index contributed by atoms with van der Waals surface area (Å²) >= 11 is 0. The zero-order valence-electron chi connectivity index (χ0n) is 10.2. The van der Waals surface area contributed by atoms with E-state index in [1.165, 1.54) is 6.07 Å². The second kappa shape index (κ2) is 6.52. The summed E-state index contributed by atoms with van der Waals surface area (Å²) in [4.78, 5) is 11.9. The minimum Gasteiger partial charge on any atom is -1.00 e. The molecule has 0 atom stereocenters. The Morgan fingerprint density at radius 1 is 1.21 bits per heavy atom. The zero-order valence-corrected chi connectivity index (χ0v) is 11.8. The zero-order chi connectivity index (χ0) is 13.1. The van der Waals surface area contributed by atoms with Crippen molar-refractivity contribution in [3.63, 3.8) is 0 Å². The highest BCUT2D eigenvalue weighted by Gasteiger charge is 2.17. The normalized spacial score (nSPS) is 9.84. The van der Waals surface area contributed by atoms with Gasteiger partial charge in [-0.3, -0.25) is 4.79 Å². The van der Waals surface area contributed by atoms with E-state index in [9.17, 15) is 13.6 Å². The molecule has 0 saturated heterocycles. The van der Waals surface area contributed by atoms with Crippen LogP contribution in [0.4, 0.5) is 8.78 Å². The molecule has 2 aromatic rings. The number of hydrogen-bond acceptors (Lipinski definition) is 1. The Kier molecular flexibility index (Phi) is 5.30. The van der Waals surface area contributed by atoms with Crippen molar-refractivity contribution in [2.75, 3.05) is 0 Å². The third-order valence-corrected chi connectivity index (χ3v) is 2.71. The van der Waals surface area contributed by atoms with E-state index < -0.39 is 11.6 Å². The van der Waals surface area contributed by atoms with Gasteiger partial charge in [0.25, 0.3) is 0 Å². The van der Waals surface area contributed by atoms with E-state index in [0.717, 1.165) is 17.8 Å². The molecule has 2 rings (SSSR count). The Bertz CT molecular complexity index is 602. The van der Waals surface area contributed by atoms with Crippen molar-refractivity contribution in [2.45, 2.75) is 13.5 Å². The second-order valence-corrected chi connectivity index (χ2v) is 4.02. The third-order valence-electron chi connectivity index (χ3n) is 2.71. The molecule has 0 aliphatic rings. The molecule has 0 amide bonds. The predicted octanol–water partition coefficient (Wildman–Crippen LogP) is -0.552. The van der Waals surface area contributed by atoms with Crippen LogP contribution >= 0.6 is 0 Å². The monoisotopic (exact) mass is 327 g/mol. The Morgan fingerprint density at radius 3 is 2.58 bits per heavy atom. The van der Waals surface area contributed by atoms with E-state index in [4.69, 9.17) is 0 Å². The van der Waals surface area contributed by atoms with E-state index in [1.807, 2.05) is 19.1 Å². The van der Waals surface area contributed by atoms with Crippen molar-refractivity contribution >= 4 is 5.78 Å². The lowest BCUT2D eigenvalue weighted by Crippen LogP contribution is -3.00. The Labute approximate surface area is 120 Å². The molecule has 100 valence electrons. The van der Waals surface area contributed by atoms with Gasteiger partial charge in [0.15, 0.2) is 11.9 Å². The van der Waals surface area contributed by atoms with E-state index in [-0.39, 0.29) is 34.9 Å². The number of benzene rings is 1. The van der Waals surface area contributed by atoms with Crippen molar-refractivity contribution < 1.29 is 35.1 Å². The van der Waals surface area contributed by atoms with Crippen molar-refractivity contribution in [1.29, 1.82) is 0 Å². The number of rotatable bonds is 3. The summed E-state index contributed by atoms with van der Waals surface area (Å²) in [5, 5.41) is 0. The van der Waals surface area contributed by atoms with Gasteiger partial charge in [0.1, 0.15) is 11.6 Å². The maximum Gasteiger partial charge on any atom is 0.230 e. The van der Waals surface area contributed by atoms with E-state index in [2.05, 4.69) is 0 Å². The van der Waals surface area contributed by atoms with Crippen LogP contribution in [0.5, 0.6) is 0 Å². The molecule has 1 aromatic heterocycles. The minimum atomic E-state index is -0.825. The summed E-state index contributed by atoms with van der Waals surface area (Å²) < 4.78 is 27.9. The van der Waals surface area contributed by atoms with E-state index in [0.29, 0.717) is 0 Å². The number of carbonyl (C=O) groups excluding carboxylic acids is 1. The largest absolute Gasteiger partial charge is 1.00 e. The summed E-state index contributed by atoms with van der Waals surface area (Å²) in [7, 11) is 0. The number of ketones is 1. The van der Waals surface area contributed by atoms with Crippen molar-refractivity contribution in [1.82, 2.24) is 0 Å². The summed E-state index contributed by atoms with van der Waals surface area (Å²) in [6, 6.07) is 8.48. The fourth-order valence-corrected chi connectivity index (χ4v) is 1.69. The van der Waals surface area contributed by atoms with Crippen LogP contribution in [0.1, 0.15) is 16.1 Å². The quantitative estimate of drug-likeness (QED) is 0.547. The first kappa shape index (κ1) is 15.4. The highest BCUT2D eigenvalue weighted by Crippen LogP contribution is 2.10. The molecule has 0 N–H and O–H groups in total. The molecule has 0 fully saturated rings. The van der Waals surface area contributed by atoms with Crippen LogP contribution in [-0.4, -0.2) is 5.78 Å². The van der Waals surface area contributed by atoms with E-state index >= 15 is 0 Å². The van der Waals surface area contributed by atoms with Crippen LogP contribution in [0.2, 0.25) is 0 Å². The van der Waals surface area contributed by atoms with Crippen LogP contribution in [0.3, 0.4) is 0 Å². The van der Waals surface area contributed by atoms with Gasteiger partial charge in [0.2, 0.25) is 12.3 Å². The predicted molar refractivity (Wildman–Crippen MR) is 62.1 cm³/mol. The number of Topliss-reactive ketones (excluding diaryl/α,β-unsaturated/α-hetero) is 1. The van der Waals surface area contributed by atoms with Crippen LogP contribution in [0, 0.1) is 18.6 Å². The third kappa shape index (κ3) is 3.67. The number of carbonyl (C=O) groups is 1. The van der Waals surface area contributed by atoms with Crippen LogP contribution in [-0.2, 0) is 6.54 Å². The molecule has 0 aliphatic carbocycles. The average molecular weight is 328 g/mol. The molecule has 0 bridgehead atoms. The van der Waals surface area contributed by atoms with Gasteiger partial charge in [-0.1, -0.05) is 6.07 Å². The molecule has 0 saturated carbocycles. The van der Waals surface area contributed by atoms with Crippen molar-refractivity contribution in [3.05, 3.63) is 65.5 Å². The highest BCUT2D eigenvalue weighted by molar-refractivity contribution is 5.95. The molecule has 0 unspecified atom stereocenters. The first-order valence-corrected chi connectivity index (χ1v) is 5.51. The smallest absolute Gasteiger partial charge is 0.230 e. The van der Waals surface area contributed by atoms with Crippen molar-refractivity contribution in [3.8, 4) is 0 Å². The van der Waals surface area contributed by atoms with E-state index in [1.54, 1.807) is 16.8 Å². The lowest BCUT2D eigenvalue weighted by atomic mass is 10.1. The standard InChI is InChI=1S/C14H12F2NO.BrH/c1-10-4-2-3-7-17(10)9-14(18)12-6-5-11(15)8-13(12)16;/h2-8H,9H2,1H3;1H/q+1;/p-1. The number of pyridine rings is 1. The van der Waals surface area contributed by atoms with Gasteiger partial charge in [0, 0.05) is 25.1 Å². The Balaban J connectivity index is 0.00000180. The van der Waals surface area contributed by atoms with Gasteiger partial charge in [-0.05, 0) is 12.1 Å². The molecule has 2 nitrogen and oxygen atoms in total. The summed E-state index contributed by atoms with van der Waals surface area (Å²) in [6.45, 7) is 1.89. The van der Waals surface area contributed by atoms with Crippen molar-refractivity contribution in [2.24, 2.45) is 0 Å². The second-order valence-electron chi connectivity index (χ2n) is 4.02. The van der Waals surface area contributed by atoms with Crippen LogP contribution < -0.4 is 21.5 Å². The molecular formula is C14H12BrF2NO. The number of aryl methyl sites for hydroxylation is 1. The van der Waals surface area contributed by atoms with Crippen LogP contribution in [0.25, 0.3) is 0 Å². The van der Waals surface area contributed by atoms with Gasteiger partial charge in [-0.15, -0.1) is 0 Å². The minimum absolute atomic E-state index is 0. The molecule has 1 aromatic carbocycles. The molecule has 0 spiro atoms. The lowest BCUT2D eigenvalue weighted by molar-refractivity contribution is -0.689. The maximum absolute atomic E-state index is 13.4. The van der Waals surface area contributed by atoms with Crippen LogP contribution in [0.15, 0.2) is 42.6 Å². The number of nitrogens with zero attached hydrogens (tertiary/aromatic N) is 1. The molecule has 0 radical (unpaired) electrons. The summed E-state index contributed by atoms with van der Waals surface area (Å²) in [5.74, 6) is -1.89. The van der Waals surface area contributed by atoms with Gasteiger partial charge in [0.05, 0.1) is 5.56 Å². The Morgan fingerprint density at radius 2 is 1.95 bits per heavy atom. The molecule has 19 heavy (non-hydrogen) atoms. The number of aromatic nitrogens is 1.